The normalized spacial score (nSPS) is 10.5. The van der Waals surface area contributed by atoms with E-state index in [-0.39, 0.29) is 6.61 Å². The van der Waals surface area contributed by atoms with E-state index in [2.05, 4.69) is 28.8 Å². The molecule has 0 bridgehead atoms. The van der Waals surface area contributed by atoms with Crippen LogP contribution in [0.2, 0.25) is 0 Å². The third-order valence-corrected chi connectivity index (χ3v) is 3.17. The van der Waals surface area contributed by atoms with E-state index in [1.54, 1.807) is 6.33 Å². The Bertz CT molecular complexity index is 359. The maximum absolute atomic E-state index is 8.86. The first-order valence-electron chi connectivity index (χ1n) is 7.04. The van der Waals surface area contributed by atoms with Gasteiger partial charge >= 0.3 is 0 Å². The molecular formula is C14H26N4O. The summed E-state index contributed by atoms with van der Waals surface area (Å²) in [6, 6.07) is 2.00. The van der Waals surface area contributed by atoms with Gasteiger partial charge in [0.25, 0.3) is 0 Å². The van der Waals surface area contributed by atoms with Crippen LogP contribution in [0.4, 0.5) is 11.6 Å². The summed E-state index contributed by atoms with van der Waals surface area (Å²) in [5, 5.41) is 8.86. The Labute approximate surface area is 116 Å². The lowest BCUT2D eigenvalue weighted by Crippen LogP contribution is -2.23. The Morgan fingerprint density at radius 3 is 2.11 bits per heavy atom. The molecule has 0 saturated heterocycles. The highest BCUT2D eigenvalue weighted by Gasteiger charge is 2.07. The van der Waals surface area contributed by atoms with Crippen molar-refractivity contribution in [1.82, 2.24) is 9.97 Å². The highest BCUT2D eigenvalue weighted by atomic mass is 16.3. The topological polar surface area (TPSA) is 52.5 Å². The Kier molecular flexibility index (Phi) is 7.18. The molecule has 0 unspecified atom stereocenters. The molecule has 0 amide bonds. The molecule has 19 heavy (non-hydrogen) atoms. The first-order valence-corrected chi connectivity index (χ1v) is 7.04. The van der Waals surface area contributed by atoms with E-state index in [1.165, 1.54) is 19.3 Å². The molecule has 1 N–H and O–H groups in total. The van der Waals surface area contributed by atoms with Crippen molar-refractivity contribution in [3.8, 4) is 0 Å². The predicted molar refractivity (Wildman–Crippen MR) is 79.8 cm³/mol. The first kappa shape index (κ1) is 15.7. The van der Waals surface area contributed by atoms with Gasteiger partial charge in [-0.1, -0.05) is 19.8 Å². The van der Waals surface area contributed by atoms with E-state index in [1.807, 2.05) is 18.0 Å². The smallest absolute Gasteiger partial charge is 0.133 e. The summed E-state index contributed by atoms with van der Waals surface area (Å²) >= 11 is 0. The molecule has 0 aliphatic heterocycles. The van der Waals surface area contributed by atoms with Gasteiger partial charge in [0.05, 0.1) is 0 Å². The van der Waals surface area contributed by atoms with Crippen LogP contribution in [0, 0.1) is 0 Å². The minimum absolute atomic E-state index is 0.208. The zero-order valence-electron chi connectivity index (χ0n) is 12.3. The third-order valence-electron chi connectivity index (χ3n) is 3.17. The number of nitrogens with zero attached hydrogens (tertiary/aromatic N) is 4. The summed E-state index contributed by atoms with van der Waals surface area (Å²) in [6.45, 7) is 4.23. The molecule has 0 aromatic carbocycles. The monoisotopic (exact) mass is 266 g/mol. The molecule has 1 heterocycles. The van der Waals surface area contributed by atoms with Crippen LogP contribution >= 0.6 is 0 Å². The molecule has 0 fully saturated rings. The van der Waals surface area contributed by atoms with Crippen LogP contribution in [0.1, 0.15) is 32.6 Å². The zero-order valence-corrected chi connectivity index (χ0v) is 12.3. The number of hydrogen-bond donors (Lipinski definition) is 1. The molecule has 108 valence electrons. The SMILES string of the molecule is CCCCCN(C)c1cc(N(C)CCCO)ncn1. The van der Waals surface area contributed by atoms with Crippen molar-refractivity contribution in [2.24, 2.45) is 0 Å². The molecule has 1 aromatic heterocycles. The lowest BCUT2D eigenvalue weighted by molar-refractivity contribution is 0.290. The third kappa shape index (κ3) is 5.42. The molecule has 5 nitrogen and oxygen atoms in total. The fraction of sp³-hybridized carbons (Fsp3) is 0.714. The molecule has 0 spiro atoms. The van der Waals surface area contributed by atoms with E-state index in [9.17, 15) is 0 Å². The second-order valence-electron chi connectivity index (χ2n) is 4.86. The molecular weight excluding hydrogens is 240 g/mol. The fourth-order valence-electron chi connectivity index (χ4n) is 1.89. The van der Waals surface area contributed by atoms with Crippen LogP contribution < -0.4 is 9.80 Å². The Morgan fingerprint density at radius 2 is 1.58 bits per heavy atom. The standard InChI is InChI=1S/C14H26N4O/c1-4-5-6-8-17(2)13-11-14(16-12-15-13)18(3)9-7-10-19/h11-12,19H,4-10H2,1-3H3. The zero-order chi connectivity index (χ0) is 14.1. The minimum atomic E-state index is 0.208. The van der Waals surface area contributed by atoms with Crippen molar-refractivity contribution in [1.29, 1.82) is 0 Å². The van der Waals surface area contributed by atoms with Crippen molar-refractivity contribution >= 4 is 11.6 Å². The summed E-state index contributed by atoms with van der Waals surface area (Å²) in [5.41, 5.74) is 0. The molecule has 1 aromatic rings. The Balaban J connectivity index is 2.60. The average molecular weight is 266 g/mol. The number of aliphatic hydroxyl groups is 1. The van der Waals surface area contributed by atoms with Crippen molar-refractivity contribution in [2.75, 3.05) is 43.6 Å². The highest BCUT2D eigenvalue weighted by Crippen LogP contribution is 2.16. The quantitative estimate of drug-likeness (QED) is 0.692. The van der Waals surface area contributed by atoms with Gasteiger partial charge < -0.3 is 14.9 Å². The summed E-state index contributed by atoms with van der Waals surface area (Å²) in [5.74, 6) is 1.86. The minimum Gasteiger partial charge on any atom is -0.396 e. The lowest BCUT2D eigenvalue weighted by Gasteiger charge is -2.21. The summed E-state index contributed by atoms with van der Waals surface area (Å²) in [6.07, 6.45) is 6.02. The van der Waals surface area contributed by atoms with E-state index in [4.69, 9.17) is 5.11 Å². The van der Waals surface area contributed by atoms with E-state index >= 15 is 0 Å². The van der Waals surface area contributed by atoms with Gasteiger partial charge in [-0.3, -0.25) is 0 Å². The molecule has 0 aliphatic carbocycles. The molecule has 0 atom stereocenters. The average Bonchev–Trinajstić information content (AvgIpc) is 2.45. The van der Waals surface area contributed by atoms with Crippen molar-refractivity contribution in [3.63, 3.8) is 0 Å². The maximum atomic E-state index is 8.86. The number of anilines is 2. The van der Waals surface area contributed by atoms with Gasteiger partial charge in [-0.05, 0) is 12.8 Å². The summed E-state index contributed by atoms with van der Waals surface area (Å²) in [4.78, 5) is 12.8. The van der Waals surface area contributed by atoms with Crippen LogP contribution in [0.25, 0.3) is 0 Å². The van der Waals surface area contributed by atoms with E-state index in [0.29, 0.717) is 0 Å². The number of aromatic nitrogens is 2. The van der Waals surface area contributed by atoms with Gasteiger partial charge in [0, 0.05) is 39.9 Å². The number of hydrogen-bond acceptors (Lipinski definition) is 5. The predicted octanol–water partition coefficient (Wildman–Crippen LogP) is 1.92. The number of aliphatic hydroxyl groups excluding tert-OH is 1. The summed E-state index contributed by atoms with van der Waals surface area (Å²) < 4.78 is 0. The van der Waals surface area contributed by atoms with Crippen molar-refractivity contribution in [3.05, 3.63) is 12.4 Å². The van der Waals surface area contributed by atoms with Crippen LogP contribution in [-0.2, 0) is 0 Å². The van der Waals surface area contributed by atoms with Gasteiger partial charge in [0.1, 0.15) is 18.0 Å². The van der Waals surface area contributed by atoms with E-state index in [0.717, 1.165) is 31.1 Å². The van der Waals surface area contributed by atoms with Crippen LogP contribution in [0.3, 0.4) is 0 Å². The second-order valence-corrected chi connectivity index (χ2v) is 4.86. The summed E-state index contributed by atoms with van der Waals surface area (Å²) in [7, 11) is 4.05. The molecule has 5 heteroatoms. The van der Waals surface area contributed by atoms with E-state index < -0.39 is 0 Å². The highest BCUT2D eigenvalue weighted by molar-refractivity contribution is 5.49. The molecule has 1 rings (SSSR count). The Hall–Kier alpha value is -1.36. The van der Waals surface area contributed by atoms with Crippen LogP contribution in [0.15, 0.2) is 12.4 Å². The molecule has 0 radical (unpaired) electrons. The van der Waals surface area contributed by atoms with Gasteiger partial charge in [0.15, 0.2) is 0 Å². The van der Waals surface area contributed by atoms with Crippen molar-refractivity contribution in [2.45, 2.75) is 32.6 Å². The largest absolute Gasteiger partial charge is 0.396 e. The van der Waals surface area contributed by atoms with Crippen LogP contribution in [0.5, 0.6) is 0 Å². The maximum Gasteiger partial charge on any atom is 0.133 e. The molecule has 0 aliphatic rings. The first-order chi connectivity index (χ1) is 9.19. The molecule has 0 saturated carbocycles. The number of rotatable bonds is 9. The second kappa shape index (κ2) is 8.69. The van der Waals surface area contributed by atoms with Gasteiger partial charge in [-0.2, -0.15) is 0 Å². The number of unbranched alkanes of at least 4 members (excludes halogenated alkanes) is 2. The van der Waals surface area contributed by atoms with Gasteiger partial charge in [0.2, 0.25) is 0 Å². The van der Waals surface area contributed by atoms with Gasteiger partial charge in [-0.15, -0.1) is 0 Å². The Morgan fingerprint density at radius 1 is 1.00 bits per heavy atom. The van der Waals surface area contributed by atoms with Crippen molar-refractivity contribution < 1.29 is 5.11 Å². The fourth-order valence-corrected chi connectivity index (χ4v) is 1.89. The lowest BCUT2D eigenvalue weighted by atomic mass is 10.2. The van der Waals surface area contributed by atoms with Gasteiger partial charge in [-0.25, -0.2) is 9.97 Å². The van der Waals surface area contributed by atoms with Crippen LogP contribution in [-0.4, -0.2) is 48.9 Å².